The lowest BCUT2D eigenvalue weighted by Crippen LogP contribution is -2.23. The molecule has 0 unspecified atom stereocenters. The number of hydrogen-bond donors (Lipinski definition) is 2. The van der Waals surface area contributed by atoms with Gasteiger partial charge in [-0.15, -0.1) is 0 Å². The van der Waals surface area contributed by atoms with Gasteiger partial charge in [-0.05, 0) is 42.5 Å². The third-order valence-electron chi connectivity index (χ3n) is 4.22. The highest BCUT2D eigenvalue weighted by Gasteiger charge is 2.30. The van der Waals surface area contributed by atoms with Crippen molar-refractivity contribution in [1.29, 1.82) is 0 Å². The van der Waals surface area contributed by atoms with Crippen molar-refractivity contribution in [1.82, 2.24) is 9.97 Å². The topological polar surface area (TPSA) is 101 Å². The molecule has 0 radical (unpaired) electrons. The van der Waals surface area contributed by atoms with E-state index in [9.17, 15) is 9.59 Å². The fraction of sp³-hybridized carbons (Fsp3) is 0.0526. The molecule has 2 amide bonds. The molecule has 0 saturated heterocycles. The largest absolute Gasteiger partial charge is 0.397 e. The van der Waals surface area contributed by atoms with E-state index in [2.05, 4.69) is 15.3 Å². The van der Waals surface area contributed by atoms with E-state index >= 15 is 0 Å². The number of nitrogens with two attached hydrogens (primary N) is 1. The summed E-state index contributed by atoms with van der Waals surface area (Å²) in [5.74, 6) is -0.594. The number of halogens is 1. The molecule has 0 atom stereocenters. The van der Waals surface area contributed by atoms with Gasteiger partial charge in [-0.3, -0.25) is 14.6 Å². The van der Waals surface area contributed by atoms with Crippen molar-refractivity contribution in [2.45, 2.75) is 6.54 Å². The fourth-order valence-corrected chi connectivity index (χ4v) is 3.20. The maximum absolute atomic E-state index is 12.6. The average molecular weight is 380 g/mol. The molecule has 4 rings (SSSR count). The van der Waals surface area contributed by atoms with Crippen LogP contribution in [0, 0.1) is 0 Å². The van der Waals surface area contributed by atoms with Gasteiger partial charge in [-0.25, -0.2) is 4.98 Å². The SMILES string of the molecule is Nc1cccnc1C(=O)Nc1ccc(N2Cc3ncccc3C2=O)c(Cl)c1. The third-order valence-corrected chi connectivity index (χ3v) is 4.53. The molecule has 0 bridgehead atoms. The van der Waals surface area contributed by atoms with Crippen LogP contribution in [-0.2, 0) is 6.54 Å². The van der Waals surface area contributed by atoms with Crippen molar-refractivity contribution in [3.05, 3.63) is 76.8 Å². The van der Waals surface area contributed by atoms with Crippen LogP contribution in [0.25, 0.3) is 0 Å². The Morgan fingerprint density at radius 2 is 1.93 bits per heavy atom. The summed E-state index contributed by atoms with van der Waals surface area (Å²) >= 11 is 6.37. The number of pyridine rings is 2. The van der Waals surface area contributed by atoms with Crippen LogP contribution in [0.2, 0.25) is 5.02 Å². The second kappa shape index (κ2) is 6.69. The van der Waals surface area contributed by atoms with E-state index < -0.39 is 5.91 Å². The quantitative estimate of drug-likeness (QED) is 0.728. The van der Waals surface area contributed by atoms with Crippen molar-refractivity contribution in [3.8, 4) is 0 Å². The highest BCUT2D eigenvalue weighted by atomic mass is 35.5. The maximum Gasteiger partial charge on any atom is 0.276 e. The molecule has 3 N–H and O–H groups in total. The maximum atomic E-state index is 12.6. The minimum Gasteiger partial charge on any atom is -0.397 e. The Labute approximate surface area is 159 Å². The van der Waals surface area contributed by atoms with Gasteiger partial charge >= 0.3 is 0 Å². The number of nitrogens with zero attached hydrogens (tertiary/aromatic N) is 3. The molecule has 0 fully saturated rings. The zero-order valence-corrected chi connectivity index (χ0v) is 14.8. The average Bonchev–Trinajstić information content (AvgIpc) is 2.99. The number of fused-ring (bicyclic) bond motifs is 1. The molecular weight excluding hydrogens is 366 g/mol. The van der Waals surface area contributed by atoms with Crippen LogP contribution in [-0.4, -0.2) is 21.8 Å². The summed E-state index contributed by atoms with van der Waals surface area (Å²) in [4.78, 5) is 34.7. The molecule has 7 nitrogen and oxygen atoms in total. The first-order valence-corrected chi connectivity index (χ1v) is 8.49. The Morgan fingerprint density at radius 1 is 1.15 bits per heavy atom. The standard InChI is InChI=1S/C19H14ClN5O2/c20-13-9-11(24-18(26)17-14(21)4-2-8-23-17)5-6-16(13)25-10-15-12(19(25)27)3-1-7-22-15/h1-9H,10,21H2,(H,24,26). The summed E-state index contributed by atoms with van der Waals surface area (Å²) in [6, 6.07) is 11.7. The van der Waals surface area contributed by atoms with Crippen LogP contribution < -0.4 is 16.0 Å². The number of benzene rings is 1. The number of aromatic nitrogens is 2. The molecule has 2 aromatic heterocycles. The molecule has 3 heterocycles. The summed E-state index contributed by atoms with van der Waals surface area (Å²) in [6.07, 6.45) is 3.14. The number of anilines is 3. The first-order chi connectivity index (χ1) is 13.0. The Balaban J connectivity index is 1.56. The van der Waals surface area contributed by atoms with Crippen LogP contribution in [0.15, 0.2) is 54.9 Å². The highest BCUT2D eigenvalue weighted by Crippen LogP contribution is 2.34. The van der Waals surface area contributed by atoms with E-state index in [-0.39, 0.29) is 17.3 Å². The Kier molecular flexibility index (Phi) is 4.21. The molecular formula is C19H14ClN5O2. The van der Waals surface area contributed by atoms with E-state index in [1.165, 1.54) is 6.20 Å². The molecule has 3 aromatic rings. The zero-order chi connectivity index (χ0) is 19.0. The van der Waals surface area contributed by atoms with Crippen molar-refractivity contribution >= 4 is 40.5 Å². The van der Waals surface area contributed by atoms with E-state index in [1.807, 2.05) is 0 Å². The number of nitrogens with one attached hydrogen (secondary N) is 1. The zero-order valence-electron chi connectivity index (χ0n) is 14.0. The summed E-state index contributed by atoms with van der Waals surface area (Å²) in [5, 5.41) is 3.04. The van der Waals surface area contributed by atoms with E-state index in [1.54, 1.807) is 53.6 Å². The number of carbonyl (C=O) groups is 2. The fourth-order valence-electron chi connectivity index (χ4n) is 2.92. The van der Waals surface area contributed by atoms with Gasteiger partial charge in [0.2, 0.25) is 0 Å². The van der Waals surface area contributed by atoms with E-state index in [4.69, 9.17) is 17.3 Å². The number of carbonyl (C=O) groups excluding carboxylic acids is 2. The molecule has 27 heavy (non-hydrogen) atoms. The lowest BCUT2D eigenvalue weighted by molar-refractivity contribution is 0.0994. The van der Waals surface area contributed by atoms with Crippen molar-refractivity contribution in [2.24, 2.45) is 0 Å². The molecule has 0 aliphatic carbocycles. The van der Waals surface area contributed by atoms with Crippen LogP contribution in [0.3, 0.4) is 0 Å². The van der Waals surface area contributed by atoms with Crippen LogP contribution in [0.5, 0.6) is 0 Å². The van der Waals surface area contributed by atoms with Gasteiger partial charge in [-0.1, -0.05) is 11.6 Å². The summed E-state index contributed by atoms with van der Waals surface area (Å²) in [5.41, 5.74) is 8.49. The first-order valence-electron chi connectivity index (χ1n) is 8.12. The molecule has 8 heteroatoms. The monoisotopic (exact) mass is 379 g/mol. The summed E-state index contributed by atoms with van der Waals surface area (Å²) < 4.78 is 0. The van der Waals surface area contributed by atoms with Crippen molar-refractivity contribution < 1.29 is 9.59 Å². The lowest BCUT2D eigenvalue weighted by Gasteiger charge is -2.18. The predicted octanol–water partition coefficient (Wildman–Crippen LogP) is 3.12. The smallest absolute Gasteiger partial charge is 0.276 e. The number of hydrogen-bond acceptors (Lipinski definition) is 5. The van der Waals surface area contributed by atoms with Crippen molar-refractivity contribution in [3.63, 3.8) is 0 Å². The molecule has 1 aliphatic heterocycles. The molecule has 134 valence electrons. The first kappa shape index (κ1) is 17.0. The van der Waals surface area contributed by atoms with Gasteiger partial charge in [-0.2, -0.15) is 0 Å². The Hall–Kier alpha value is -3.45. The normalized spacial score (nSPS) is 12.8. The highest BCUT2D eigenvalue weighted by molar-refractivity contribution is 6.34. The summed E-state index contributed by atoms with van der Waals surface area (Å²) in [6.45, 7) is 0.352. The molecule has 0 spiro atoms. The van der Waals surface area contributed by atoms with Crippen LogP contribution in [0.1, 0.15) is 26.5 Å². The third kappa shape index (κ3) is 3.09. The van der Waals surface area contributed by atoms with Gasteiger partial charge in [0.1, 0.15) is 0 Å². The molecule has 0 saturated carbocycles. The lowest BCUT2D eigenvalue weighted by atomic mass is 10.2. The number of rotatable bonds is 3. The van der Waals surface area contributed by atoms with Gasteiger partial charge in [0.25, 0.3) is 11.8 Å². The molecule has 1 aromatic carbocycles. The van der Waals surface area contributed by atoms with Gasteiger partial charge in [0, 0.05) is 18.1 Å². The van der Waals surface area contributed by atoms with Gasteiger partial charge < -0.3 is 16.0 Å². The summed E-state index contributed by atoms with van der Waals surface area (Å²) in [7, 11) is 0. The van der Waals surface area contributed by atoms with Crippen LogP contribution >= 0.6 is 11.6 Å². The Morgan fingerprint density at radius 3 is 2.67 bits per heavy atom. The van der Waals surface area contributed by atoms with Gasteiger partial charge in [0.15, 0.2) is 5.69 Å². The second-order valence-corrected chi connectivity index (χ2v) is 6.36. The van der Waals surface area contributed by atoms with Gasteiger partial charge in [0.05, 0.1) is 34.2 Å². The number of nitrogen functional groups attached to an aromatic ring is 1. The van der Waals surface area contributed by atoms with E-state index in [0.29, 0.717) is 34.2 Å². The predicted molar refractivity (Wildman–Crippen MR) is 103 cm³/mol. The second-order valence-electron chi connectivity index (χ2n) is 5.95. The minimum absolute atomic E-state index is 0.133. The van der Waals surface area contributed by atoms with E-state index in [0.717, 1.165) is 0 Å². The minimum atomic E-state index is -0.439. The Bertz CT molecular complexity index is 1070. The molecule has 1 aliphatic rings. The van der Waals surface area contributed by atoms with Crippen LogP contribution in [0.4, 0.5) is 17.1 Å². The van der Waals surface area contributed by atoms with Crippen molar-refractivity contribution in [2.75, 3.05) is 16.0 Å². The number of amides is 2.